The van der Waals surface area contributed by atoms with Crippen LogP contribution in [-0.4, -0.2) is 22.0 Å². The predicted molar refractivity (Wildman–Crippen MR) is 102 cm³/mol. The normalized spacial score (nSPS) is 11.3. The molecule has 0 unspecified atom stereocenters. The number of hydrogen-bond acceptors (Lipinski definition) is 3. The quantitative estimate of drug-likeness (QED) is 0.731. The van der Waals surface area contributed by atoms with E-state index in [1.54, 1.807) is 36.4 Å². The van der Waals surface area contributed by atoms with E-state index < -0.39 is 5.97 Å². The fourth-order valence-corrected chi connectivity index (χ4v) is 2.64. The number of hydrogen-bond donors (Lipinski definition) is 2. The van der Waals surface area contributed by atoms with Crippen LogP contribution in [0.15, 0.2) is 54.6 Å². The maximum atomic E-state index is 12.4. The molecule has 0 spiro atoms. The Kier molecular flexibility index (Phi) is 4.47. The Morgan fingerprint density at radius 1 is 0.923 bits per heavy atom. The molecule has 26 heavy (non-hydrogen) atoms. The second-order valence-corrected chi connectivity index (χ2v) is 7.19. The second kappa shape index (κ2) is 6.59. The fourth-order valence-electron chi connectivity index (χ4n) is 2.64. The van der Waals surface area contributed by atoms with Crippen molar-refractivity contribution in [2.75, 3.05) is 5.32 Å². The van der Waals surface area contributed by atoms with Gasteiger partial charge < -0.3 is 10.4 Å². The van der Waals surface area contributed by atoms with Gasteiger partial charge in [0.25, 0.3) is 5.91 Å². The van der Waals surface area contributed by atoms with Crippen molar-refractivity contribution in [1.29, 1.82) is 0 Å². The molecular formula is C21H20N2O3. The van der Waals surface area contributed by atoms with Gasteiger partial charge in [0.2, 0.25) is 0 Å². The van der Waals surface area contributed by atoms with E-state index in [1.165, 1.54) is 6.07 Å². The van der Waals surface area contributed by atoms with Crippen LogP contribution in [0, 0.1) is 0 Å². The van der Waals surface area contributed by atoms with Crippen LogP contribution in [-0.2, 0) is 5.41 Å². The summed E-state index contributed by atoms with van der Waals surface area (Å²) in [6.07, 6.45) is 0. The average molecular weight is 348 g/mol. The van der Waals surface area contributed by atoms with Crippen molar-refractivity contribution in [3.63, 3.8) is 0 Å². The van der Waals surface area contributed by atoms with Gasteiger partial charge in [-0.1, -0.05) is 32.9 Å². The number of anilines is 1. The molecule has 3 rings (SSSR count). The van der Waals surface area contributed by atoms with Crippen LogP contribution in [0.3, 0.4) is 0 Å². The summed E-state index contributed by atoms with van der Waals surface area (Å²) in [7, 11) is 0. The number of nitrogens with one attached hydrogen (secondary N) is 1. The number of aromatic nitrogens is 1. The topological polar surface area (TPSA) is 79.3 Å². The van der Waals surface area contributed by atoms with Crippen molar-refractivity contribution in [1.82, 2.24) is 4.98 Å². The number of carbonyl (C=O) groups is 2. The zero-order valence-corrected chi connectivity index (χ0v) is 14.9. The minimum Gasteiger partial charge on any atom is -0.478 e. The summed E-state index contributed by atoms with van der Waals surface area (Å²) in [6, 6.07) is 15.6. The number of pyridine rings is 1. The Morgan fingerprint density at radius 2 is 1.58 bits per heavy atom. The van der Waals surface area contributed by atoms with Crippen LogP contribution >= 0.6 is 0 Å². The van der Waals surface area contributed by atoms with E-state index in [4.69, 9.17) is 5.11 Å². The molecule has 0 bridgehead atoms. The number of benzene rings is 2. The van der Waals surface area contributed by atoms with Crippen molar-refractivity contribution < 1.29 is 14.7 Å². The molecule has 1 amide bonds. The van der Waals surface area contributed by atoms with E-state index >= 15 is 0 Å². The molecule has 0 aliphatic heterocycles. The zero-order valence-electron chi connectivity index (χ0n) is 14.9. The summed E-state index contributed by atoms with van der Waals surface area (Å²) in [5, 5.41) is 12.5. The molecule has 5 heteroatoms. The molecule has 1 heterocycles. The number of rotatable bonds is 3. The Hall–Kier alpha value is -3.21. The number of aromatic carboxylic acids is 1. The molecule has 5 nitrogen and oxygen atoms in total. The van der Waals surface area contributed by atoms with Crippen molar-refractivity contribution in [2.24, 2.45) is 0 Å². The summed E-state index contributed by atoms with van der Waals surface area (Å²) in [5.41, 5.74) is 2.57. The first kappa shape index (κ1) is 17.6. The average Bonchev–Trinajstić information content (AvgIpc) is 2.60. The van der Waals surface area contributed by atoms with Gasteiger partial charge in [-0.05, 0) is 53.4 Å². The number of fused-ring (bicyclic) bond motifs is 1. The van der Waals surface area contributed by atoms with Crippen LogP contribution in [0.25, 0.3) is 10.9 Å². The summed E-state index contributed by atoms with van der Waals surface area (Å²) in [6.45, 7) is 6.37. The molecule has 0 aliphatic rings. The second-order valence-electron chi connectivity index (χ2n) is 7.19. The lowest BCUT2D eigenvalue weighted by atomic mass is 9.87. The molecule has 1 aromatic heterocycles. The highest BCUT2D eigenvalue weighted by Crippen LogP contribution is 2.23. The molecule has 2 aromatic carbocycles. The van der Waals surface area contributed by atoms with Crippen molar-refractivity contribution in [2.45, 2.75) is 26.2 Å². The number of carbonyl (C=O) groups excluding carboxylic acids is 1. The maximum Gasteiger partial charge on any atom is 0.335 e. The molecule has 0 radical (unpaired) electrons. The van der Waals surface area contributed by atoms with Crippen molar-refractivity contribution in [3.05, 3.63) is 71.3 Å². The molecule has 0 saturated heterocycles. The van der Waals surface area contributed by atoms with Crippen LogP contribution in [0.5, 0.6) is 0 Å². The lowest BCUT2D eigenvalue weighted by Crippen LogP contribution is -2.15. The van der Waals surface area contributed by atoms with Crippen molar-refractivity contribution >= 4 is 28.6 Å². The predicted octanol–water partition coefficient (Wildman–Crippen LogP) is 4.48. The third-order valence-electron chi connectivity index (χ3n) is 4.19. The smallest absolute Gasteiger partial charge is 0.335 e. The Labute approximate surface area is 151 Å². The van der Waals surface area contributed by atoms with Gasteiger partial charge in [0.05, 0.1) is 11.1 Å². The maximum absolute atomic E-state index is 12.4. The lowest BCUT2D eigenvalue weighted by Gasteiger charge is -2.19. The van der Waals surface area contributed by atoms with Crippen LogP contribution < -0.4 is 5.32 Å². The van der Waals surface area contributed by atoms with E-state index in [2.05, 4.69) is 31.1 Å². The summed E-state index contributed by atoms with van der Waals surface area (Å²) < 4.78 is 0. The number of carboxylic acid groups (broad SMARTS) is 1. The SMILES string of the molecule is CC(C)(C)c1ccc(C(=O)Nc2ccc3cc(C(=O)O)ccc3n2)cc1. The summed E-state index contributed by atoms with van der Waals surface area (Å²) in [5.74, 6) is -0.798. The molecule has 2 N–H and O–H groups in total. The van der Waals surface area contributed by atoms with Gasteiger partial charge in [-0.15, -0.1) is 0 Å². The fraction of sp³-hybridized carbons (Fsp3) is 0.190. The van der Waals surface area contributed by atoms with Gasteiger partial charge >= 0.3 is 5.97 Å². The Bertz CT molecular complexity index is 986. The van der Waals surface area contributed by atoms with E-state index in [9.17, 15) is 9.59 Å². The highest BCUT2D eigenvalue weighted by molar-refractivity contribution is 6.04. The Balaban J connectivity index is 1.80. The minimum atomic E-state index is -0.983. The standard InChI is InChI=1S/C21H20N2O3/c1-21(2,3)16-8-4-13(5-9-16)19(24)23-18-11-7-14-12-15(20(25)26)6-10-17(14)22-18/h4-12H,1-3H3,(H,25,26)(H,22,23,24). The molecule has 132 valence electrons. The molecule has 0 saturated carbocycles. The highest BCUT2D eigenvalue weighted by atomic mass is 16.4. The van der Waals surface area contributed by atoms with Gasteiger partial charge in [-0.25, -0.2) is 9.78 Å². The summed E-state index contributed by atoms with van der Waals surface area (Å²) >= 11 is 0. The van der Waals surface area contributed by atoms with Crippen molar-refractivity contribution in [3.8, 4) is 0 Å². The number of carboxylic acids is 1. The highest BCUT2D eigenvalue weighted by Gasteiger charge is 2.14. The third kappa shape index (κ3) is 3.72. The monoisotopic (exact) mass is 348 g/mol. The first-order chi connectivity index (χ1) is 12.2. The molecule has 0 aliphatic carbocycles. The van der Waals surface area contributed by atoms with Gasteiger partial charge in [-0.2, -0.15) is 0 Å². The molecule has 0 fully saturated rings. The first-order valence-corrected chi connectivity index (χ1v) is 8.30. The zero-order chi connectivity index (χ0) is 18.9. The Morgan fingerprint density at radius 3 is 2.19 bits per heavy atom. The van der Waals surface area contributed by atoms with Crippen LogP contribution in [0.2, 0.25) is 0 Å². The first-order valence-electron chi connectivity index (χ1n) is 8.30. The van der Waals surface area contributed by atoms with Crippen LogP contribution in [0.4, 0.5) is 5.82 Å². The van der Waals surface area contributed by atoms with Gasteiger partial charge in [0.1, 0.15) is 5.82 Å². The largest absolute Gasteiger partial charge is 0.478 e. The van der Waals surface area contributed by atoms with E-state index in [0.717, 1.165) is 5.56 Å². The minimum absolute atomic E-state index is 0.0315. The van der Waals surface area contributed by atoms with E-state index in [1.807, 2.05) is 12.1 Å². The summed E-state index contributed by atoms with van der Waals surface area (Å²) in [4.78, 5) is 27.8. The van der Waals surface area contributed by atoms with Gasteiger partial charge in [0.15, 0.2) is 0 Å². The molecule has 3 aromatic rings. The van der Waals surface area contributed by atoms with E-state index in [-0.39, 0.29) is 16.9 Å². The number of amides is 1. The third-order valence-corrected chi connectivity index (χ3v) is 4.19. The van der Waals surface area contributed by atoms with Gasteiger partial charge in [0, 0.05) is 10.9 Å². The lowest BCUT2D eigenvalue weighted by molar-refractivity contribution is 0.0697. The number of nitrogens with zero attached hydrogens (tertiary/aromatic N) is 1. The molecular weight excluding hydrogens is 328 g/mol. The molecule has 0 atom stereocenters. The van der Waals surface area contributed by atoms with E-state index in [0.29, 0.717) is 22.3 Å². The van der Waals surface area contributed by atoms with Crippen LogP contribution in [0.1, 0.15) is 47.1 Å². The van der Waals surface area contributed by atoms with Gasteiger partial charge in [-0.3, -0.25) is 4.79 Å².